The molecule has 162 valence electrons. The Hall–Kier alpha value is -3.53. The molecule has 0 saturated heterocycles. The predicted molar refractivity (Wildman–Crippen MR) is 110 cm³/mol. The van der Waals surface area contributed by atoms with Gasteiger partial charge in [0.15, 0.2) is 0 Å². The van der Waals surface area contributed by atoms with Gasteiger partial charge in [-0.15, -0.1) is 0 Å². The Morgan fingerprint density at radius 2 is 1.97 bits per heavy atom. The maximum Gasteiger partial charge on any atom is 0.282 e. The van der Waals surface area contributed by atoms with Crippen LogP contribution < -0.4 is 10.1 Å². The number of aromatic nitrogens is 2. The van der Waals surface area contributed by atoms with Crippen LogP contribution in [0.4, 0.5) is 20.2 Å². The fraction of sp³-hybridized carbons (Fsp3) is 0.200. The summed E-state index contributed by atoms with van der Waals surface area (Å²) in [6.45, 7) is 2.98. The first-order chi connectivity index (χ1) is 14.6. The summed E-state index contributed by atoms with van der Waals surface area (Å²) in [5, 5.41) is 18.0. The van der Waals surface area contributed by atoms with Gasteiger partial charge in [0.25, 0.3) is 12.1 Å². The number of nitro benzene ring substituents is 1. The molecule has 0 aliphatic carbocycles. The van der Waals surface area contributed by atoms with E-state index in [2.05, 4.69) is 10.4 Å². The van der Waals surface area contributed by atoms with Gasteiger partial charge >= 0.3 is 0 Å². The van der Waals surface area contributed by atoms with Crippen molar-refractivity contribution in [3.05, 3.63) is 74.6 Å². The van der Waals surface area contributed by atoms with Crippen LogP contribution >= 0.6 is 11.6 Å². The predicted octanol–water partition coefficient (Wildman–Crippen LogP) is 5.43. The van der Waals surface area contributed by atoms with E-state index in [0.717, 1.165) is 10.2 Å². The van der Waals surface area contributed by atoms with Crippen molar-refractivity contribution in [3.63, 3.8) is 0 Å². The second kappa shape index (κ2) is 9.09. The van der Waals surface area contributed by atoms with Crippen LogP contribution in [-0.4, -0.2) is 20.6 Å². The van der Waals surface area contributed by atoms with E-state index in [-0.39, 0.29) is 23.7 Å². The lowest BCUT2D eigenvalue weighted by Crippen LogP contribution is -2.20. The molecule has 11 heteroatoms. The number of ether oxygens (including phenoxy) is 1. The van der Waals surface area contributed by atoms with E-state index in [9.17, 15) is 23.7 Å². The van der Waals surface area contributed by atoms with Crippen LogP contribution in [0.1, 0.15) is 23.4 Å². The Morgan fingerprint density at radius 3 is 2.58 bits per heavy atom. The molecule has 0 saturated carbocycles. The molecule has 2 aromatic carbocycles. The van der Waals surface area contributed by atoms with Gasteiger partial charge < -0.3 is 10.1 Å². The second-order valence-corrected chi connectivity index (χ2v) is 7.11. The van der Waals surface area contributed by atoms with Gasteiger partial charge in [-0.3, -0.25) is 19.6 Å². The van der Waals surface area contributed by atoms with Crippen molar-refractivity contribution in [2.45, 2.75) is 26.8 Å². The number of nitro groups is 1. The van der Waals surface area contributed by atoms with Gasteiger partial charge in [0, 0.05) is 22.8 Å². The molecule has 0 unspecified atom stereocenters. The third-order valence-corrected chi connectivity index (χ3v) is 4.69. The first-order valence-electron chi connectivity index (χ1n) is 8.98. The van der Waals surface area contributed by atoms with Crippen molar-refractivity contribution in [1.82, 2.24) is 9.78 Å². The highest BCUT2D eigenvalue weighted by Crippen LogP contribution is 2.31. The molecule has 0 radical (unpaired) electrons. The van der Waals surface area contributed by atoms with E-state index in [1.807, 2.05) is 0 Å². The summed E-state index contributed by atoms with van der Waals surface area (Å²) in [5.41, 5.74) is 0.518. The number of nitrogens with one attached hydrogen (secondary N) is 1. The number of anilines is 1. The van der Waals surface area contributed by atoms with Crippen LogP contribution in [-0.2, 0) is 11.3 Å². The Bertz CT molecular complexity index is 1150. The van der Waals surface area contributed by atoms with Gasteiger partial charge in [-0.1, -0.05) is 11.6 Å². The van der Waals surface area contributed by atoms with Gasteiger partial charge in [0.1, 0.15) is 23.7 Å². The second-order valence-electron chi connectivity index (χ2n) is 6.70. The molecule has 1 aromatic heterocycles. The van der Waals surface area contributed by atoms with E-state index in [4.69, 9.17) is 16.3 Å². The van der Waals surface area contributed by atoms with Gasteiger partial charge in [-0.25, -0.2) is 8.78 Å². The topological polar surface area (TPSA) is 99.3 Å². The molecule has 0 spiro atoms. The lowest BCUT2D eigenvalue weighted by atomic mass is 10.2. The van der Waals surface area contributed by atoms with Crippen molar-refractivity contribution in [3.8, 4) is 11.5 Å². The fourth-order valence-electron chi connectivity index (χ4n) is 2.78. The number of halogens is 3. The first kappa shape index (κ1) is 22.2. The smallest absolute Gasteiger partial charge is 0.282 e. The normalized spacial score (nSPS) is 10.9. The quantitative estimate of drug-likeness (QED) is 0.382. The Balaban J connectivity index is 1.80. The lowest BCUT2D eigenvalue weighted by Gasteiger charge is -2.11. The number of non-ortho nitro benzene ring substituents is 1. The van der Waals surface area contributed by atoms with E-state index in [1.165, 1.54) is 24.3 Å². The highest BCUT2D eigenvalue weighted by molar-refractivity contribution is 6.31. The number of hydrogen-bond donors (Lipinski definition) is 1. The standard InChI is InChI=1S/C20H17ClF2N4O4/c1-11-5-15(3-4-17(11)21)31-16-8-13(7-14(9-16)27(29)30)24-19(28)10-26-12(2)6-18(25-26)20(22)23/h3-9,20H,10H2,1-2H3,(H,24,28). The summed E-state index contributed by atoms with van der Waals surface area (Å²) in [6, 6.07) is 9.88. The number of carbonyl (C=O) groups is 1. The maximum absolute atomic E-state index is 12.8. The number of carbonyl (C=O) groups excluding carboxylic acids is 1. The van der Waals surface area contributed by atoms with Crippen molar-refractivity contribution >= 4 is 28.9 Å². The van der Waals surface area contributed by atoms with E-state index >= 15 is 0 Å². The van der Waals surface area contributed by atoms with Gasteiger partial charge in [-0.2, -0.15) is 5.10 Å². The third kappa shape index (κ3) is 5.54. The first-order valence-corrected chi connectivity index (χ1v) is 9.36. The van der Waals surface area contributed by atoms with Crippen LogP contribution in [0.25, 0.3) is 0 Å². The van der Waals surface area contributed by atoms with Crippen LogP contribution in [0.3, 0.4) is 0 Å². The average molecular weight is 451 g/mol. The molecule has 1 heterocycles. The zero-order valence-electron chi connectivity index (χ0n) is 16.4. The molecule has 8 nitrogen and oxygen atoms in total. The Morgan fingerprint density at radius 1 is 1.23 bits per heavy atom. The molecule has 0 aliphatic heterocycles. The molecule has 0 fully saturated rings. The fourth-order valence-corrected chi connectivity index (χ4v) is 2.89. The summed E-state index contributed by atoms with van der Waals surface area (Å²) in [5.74, 6) is -0.0614. The average Bonchev–Trinajstić information content (AvgIpc) is 3.05. The SMILES string of the molecule is Cc1cc(Oc2cc(NC(=O)Cn3nc(C(F)F)cc3C)cc([N+](=O)[O-])c2)ccc1Cl. The Kier molecular flexibility index (Phi) is 6.50. The zero-order valence-corrected chi connectivity index (χ0v) is 17.2. The van der Waals surface area contributed by atoms with Crippen LogP contribution in [0.2, 0.25) is 5.02 Å². The summed E-state index contributed by atoms with van der Waals surface area (Å²) >= 11 is 5.99. The number of alkyl halides is 2. The summed E-state index contributed by atoms with van der Waals surface area (Å²) in [6.07, 6.45) is -2.75. The van der Waals surface area contributed by atoms with Crippen LogP contribution in [0.15, 0.2) is 42.5 Å². The van der Waals surface area contributed by atoms with Crippen LogP contribution in [0.5, 0.6) is 11.5 Å². The maximum atomic E-state index is 12.8. The van der Waals surface area contributed by atoms with Crippen molar-refractivity contribution in [1.29, 1.82) is 0 Å². The molecule has 1 N–H and O–H groups in total. The monoisotopic (exact) mass is 450 g/mol. The largest absolute Gasteiger partial charge is 0.457 e. The molecular formula is C20H17ClF2N4O4. The van der Waals surface area contributed by atoms with Crippen molar-refractivity contribution in [2.75, 3.05) is 5.32 Å². The number of hydrogen-bond acceptors (Lipinski definition) is 5. The highest BCUT2D eigenvalue weighted by Gasteiger charge is 2.17. The molecule has 3 aromatic rings. The molecule has 0 bridgehead atoms. The van der Waals surface area contributed by atoms with Gasteiger partial charge in [-0.05, 0) is 43.7 Å². The zero-order chi connectivity index (χ0) is 22.7. The summed E-state index contributed by atoms with van der Waals surface area (Å²) in [7, 11) is 0. The Labute approximate surface area is 180 Å². The molecular weight excluding hydrogens is 434 g/mol. The minimum atomic E-state index is -2.75. The van der Waals surface area contributed by atoms with Crippen LogP contribution in [0, 0.1) is 24.0 Å². The third-order valence-electron chi connectivity index (χ3n) is 4.27. The van der Waals surface area contributed by atoms with Gasteiger partial charge in [0.2, 0.25) is 5.91 Å². The molecule has 3 rings (SSSR count). The number of aryl methyl sites for hydroxylation is 2. The van der Waals surface area contributed by atoms with Gasteiger partial charge in [0.05, 0.1) is 16.7 Å². The van der Waals surface area contributed by atoms with E-state index in [1.54, 1.807) is 32.0 Å². The minimum absolute atomic E-state index is 0.110. The number of nitrogens with zero attached hydrogens (tertiary/aromatic N) is 3. The van der Waals surface area contributed by atoms with Crippen molar-refractivity contribution in [2.24, 2.45) is 0 Å². The molecule has 31 heavy (non-hydrogen) atoms. The number of rotatable bonds is 7. The minimum Gasteiger partial charge on any atom is -0.457 e. The number of benzene rings is 2. The lowest BCUT2D eigenvalue weighted by molar-refractivity contribution is -0.384. The summed E-state index contributed by atoms with van der Waals surface area (Å²) < 4.78 is 32.4. The number of amides is 1. The molecule has 0 aliphatic rings. The van der Waals surface area contributed by atoms with Crippen molar-refractivity contribution < 1.29 is 23.2 Å². The van der Waals surface area contributed by atoms with E-state index < -0.39 is 22.9 Å². The highest BCUT2D eigenvalue weighted by atomic mass is 35.5. The van der Waals surface area contributed by atoms with E-state index in [0.29, 0.717) is 16.5 Å². The molecule has 0 atom stereocenters. The summed E-state index contributed by atoms with van der Waals surface area (Å²) in [4.78, 5) is 23.0. The molecule has 1 amide bonds.